The lowest BCUT2D eigenvalue weighted by Gasteiger charge is -2.30. The van der Waals surface area contributed by atoms with Crippen molar-refractivity contribution in [2.24, 2.45) is 0 Å². The maximum Gasteiger partial charge on any atom is 0.219 e. The zero-order valence-electron chi connectivity index (χ0n) is 9.70. The number of rotatable bonds is 3. The highest BCUT2D eigenvalue weighted by atomic mass is 35.5. The first-order chi connectivity index (χ1) is 6.43. The summed E-state index contributed by atoms with van der Waals surface area (Å²) in [7, 11) is 6.10. The van der Waals surface area contributed by atoms with Crippen molar-refractivity contribution >= 4 is 5.78 Å². The summed E-state index contributed by atoms with van der Waals surface area (Å²) in [6, 6.07) is 9.46. The number of Topliss-reactive ketones (excluding diaryl/α,β-unsaturated/α-hetero) is 1. The summed E-state index contributed by atoms with van der Waals surface area (Å²) in [6.45, 7) is 1.97. The molecule has 0 fully saturated rings. The number of likely N-dealkylation sites (N-methyl/N-ethyl adjacent to an activating group) is 1. The number of nitrogens with zero attached hydrogens (tertiary/aromatic N) is 1. The third kappa shape index (κ3) is 3.65. The number of halogens is 1. The Hall–Kier alpha value is -0.860. The van der Waals surface area contributed by atoms with E-state index in [-0.39, 0.29) is 24.2 Å². The molecule has 0 radical (unpaired) electrons. The molecule has 84 valence electrons. The minimum Gasteiger partial charge on any atom is -1.00 e. The highest BCUT2D eigenvalue weighted by Crippen LogP contribution is 2.10. The van der Waals surface area contributed by atoms with E-state index in [9.17, 15) is 4.79 Å². The molecule has 1 aromatic rings. The van der Waals surface area contributed by atoms with Crippen LogP contribution in [0.1, 0.15) is 17.3 Å². The molecule has 0 N–H and O–H groups in total. The molecule has 0 heterocycles. The highest BCUT2D eigenvalue weighted by molar-refractivity contribution is 5.99. The zero-order chi connectivity index (χ0) is 10.8. The van der Waals surface area contributed by atoms with E-state index in [4.69, 9.17) is 0 Å². The molecule has 2 nitrogen and oxygen atoms in total. The van der Waals surface area contributed by atoms with Crippen LogP contribution in [0.5, 0.6) is 0 Å². The van der Waals surface area contributed by atoms with Crippen LogP contribution in [-0.4, -0.2) is 37.5 Å². The van der Waals surface area contributed by atoms with Crippen molar-refractivity contribution in [1.29, 1.82) is 0 Å². The van der Waals surface area contributed by atoms with Crippen molar-refractivity contribution in [3.8, 4) is 0 Å². The van der Waals surface area contributed by atoms with Crippen LogP contribution in [-0.2, 0) is 0 Å². The largest absolute Gasteiger partial charge is 1.00 e. The predicted octanol–water partition coefficient (Wildman–Crippen LogP) is -1.03. The van der Waals surface area contributed by atoms with Gasteiger partial charge in [0.25, 0.3) is 0 Å². The molecule has 1 aromatic carbocycles. The Kier molecular flexibility index (Phi) is 4.98. The van der Waals surface area contributed by atoms with Gasteiger partial charge in [0.1, 0.15) is 6.04 Å². The van der Waals surface area contributed by atoms with E-state index in [0.29, 0.717) is 4.48 Å². The highest BCUT2D eigenvalue weighted by Gasteiger charge is 2.26. The summed E-state index contributed by atoms with van der Waals surface area (Å²) in [4.78, 5) is 12.0. The number of benzene rings is 1. The smallest absolute Gasteiger partial charge is 0.219 e. The Morgan fingerprint density at radius 1 is 1.13 bits per heavy atom. The minimum absolute atomic E-state index is 0. The van der Waals surface area contributed by atoms with Gasteiger partial charge in [0.05, 0.1) is 21.1 Å². The van der Waals surface area contributed by atoms with Crippen molar-refractivity contribution in [2.45, 2.75) is 13.0 Å². The molecule has 0 aromatic heterocycles. The molecule has 1 unspecified atom stereocenters. The number of carbonyl (C=O) groups excluding carboxylic acids is 1. The van der Waals surface area contributed by atoms with Crippen LogP contribution in [0.3, 0.4) is 0 Å². The molecule has 0 spiro atoms. The molecule has 3 heteroatoms. The molecule has 1 atom stereocenters. The van der Waals surface area contributed by atoms with E-state index in [0.717, 1.165) is 5.56 Å². The number of hydrogen-bond donors (Lipinski definition) is 0. The average Bonchev–Trinajstić information content (AvgIpc) is 2.15. The fraction of sp³-hybridized carbons (Fsp3) is 0.417. The van der Waals surface area contributed by atoms with Crippen LogP contribution < -0.4 is 12.4 Å². The Morgan fingerprint density at radius 3 is 2.00 bits per heavy atom. The second-order valence-electron chi connectivity index (χ2n) is 4.52. The zero-order valence-corrected chi connectivity index (χ0v) is 10.5. The fourth-order valence-electron chi connectivity index (χ4n) is 1.20. The summed E-state index contributed by atoms with van der Waals surface area (Å²) >= 11 is 0. The second kappa shape index (κ2) is 5.29. The molecule has 1 rings (SSSR count). The van der Waals surface area contributed by atoms with Crippen LogP contribution in [0.25, 0.3) is 0 Å². The maximum atomic E-state index is 12.0. The number of hydrogen-bond acceptors (Lipinski definition) is 1. The van der Waals surface area contributed by atoms with Gasteiger partial charge in [0.2, 0.25) is 5.78 Å². The number of quaternary nitrogens is 1. The molecular weight excluding hydrogens is 210 g/mol. The van der Waals surface area contributed by atoms with Gasteiger partial charge >= 0.3 is 0 Å². The van der Waals surface area contributed by atoms with Crippen molar-refractivity contribution in [1.82, 2.24) is 0 Å². The van der Waals surface area contributed by atoms with E-state index in [1.165, 1.54) is 0 Å². The summed E-state index contributed by atoms with van der Waals surface area (Å²) < 4.78 is 0.660. The quantitative estimate of drug-likeness (QED) is 0.477. The Morgan fingerprint density at radius 2 is 1.60 bits per heavy atom. The summed E-state index contributed by atoms with van der Waals surface area (Å²) in [5, 5.41) is 0. The number of carbonyl (C=O) groups is 1. The van der Waals surface area contributed by atoms with Gasteiger partial charge in [-0.05, 0) is 6.92 Å². The summed E-state index contributed by atoms with van der Waals surface area (Å²) in [5.41, 5.74) is 0.799. The van der Waals surface area contributed by atoms with Crippen LogP contribution in [0.4, 0.5) is 0 Å². The normalized spacial score (nSPS) is 12.8. The van der Waals surface area contributed by atoms with E-state index in [1.54, 1.807) is 0 Å². The van der Waals surface area contributed by atoms with Crippen molar-refractivity contribution < 1.29 is 21.7 Å². The van der Waals surface area contributed by atoms with Crippen molar-refractivity contribution in [3.63, 3.8) is 0 Å². The molecule has 0 bridgehead atoms. The third-order valence-electron chi connectivity index (χ3n) is 2.60. The SMILES string of the molecule is CC(C(=O)c1ccccc1)[N+](C)(C)C.[Cl-]. The fourth-order valence-corrected chi connectivity index (χ4v) is 1.20. The lowest BCUT2D eigenvalue weighted by Crippen LogP contribution is -3.00. The number of ketones is 1. The molecule has 0 aliphatic carbocycles. The van der Waals surface area contributed by atoms with Gasteiger partial charge in [0.15, 0.2) is 0 Å². The van der Waals surface area contributed by atoms with Gasteiger partial charge in [-0.25, -0.2) is 0 Å². The molecule has 0 saturated carbocycles. The average molecular weight is 228 g/mol. The van der Waals surface area contributed by atoms with Crippen LogP contribution in [0.15, 0.2) is 30.3 Å². The Balaban J connectivity index is 0.00000196. The molecule has 15 heavy (non-hydrogen) atoms. The van der Waals surface area contributed by atoms with Gasteiger partial charge < -0.3 is 16.9 Å². The second-order valence-corrected chi connectivity index (χ2v) is 4.52. The first-order valence-corrected chi connectivity index (χ1v) is 4.83. The van der Waals surface area contributed by atoms with E-state index < -0.39 is 0 Å². The van der Waals surface area contributed by atoms with E-state index in [1.807, 2.05) is 58.4 Å². The lowest BCUT2D eigenvalue weighted by molar-refractivity contribution is -0.883. The van der Waals surface area contributed by atoms with E-state index >= 15 is 0 Å². The topological polar surface area (TPSA) is 17.1 Å². The molecule has 0 aliphatic rings. The van der Waals surface area contributed by atoms with Gasteiger partial charge in [0, 0.05) is 5.56 Å². The van der Waals surface area contributed by atoms with E-state index in [2.05, 4.69) is 0 Å². The summed E-state index contributed by atoms with van der Waals surface area (Å²) in [5.74, 6) is 0.207. The van der Waals surface area contributed by atoms with Crippen LogP contribution in [0.2, 0.25) is 0 Å². The van der Waals surface area contributed by atoms with Crippen molar-refractivity contribution in [3.05, 3.63) is 35.9 Å². The lowest BCUT2D eigenvalue weighted by atomic mass is 10.0. The van der Waals surface area contributed by atoms with Gasteiger partial charge in [-0.1, -0.05) is 30.3 Å². The minimum atomic E-state index is -0.00241. The van der Waals surface area contributed by atoms with Gasteiger partial charge in [-0.3, -0.25) is 4.79 Å². The van der Waals surface area contributed by atoms with Gasteiger partial charge in [-0.2, -0.15) is 0 Å². The molecule has 0 saturated heterocycles. The third-order valence-corrected chi connectivity index (χ3v) is 2.60. The van der Waals surface area contributed by atoms with Crippen molar-refractivity contribution in [2.75, 3.05) is 21.1 Å². The first kappa shape index (κ1) is 14.1. The monoisotopic (exact) mass is 227 g/mol. The standard InChI is InChI=1S/C12H18NO.ClH/c1-10(13(2,3)4)12(14)11-8-6-5-7-9-11;/h5-10H,1-4H3;1H/q+1;/p-1. The Labute approximate surface area is 97.9 Å². The molecule has 0 amide bonds. The first-order valence-electron chi connectivity index (χ1n) is 4.83. The van der Waals surface area contributed by atoms with Gasteiger partial charge in [-0.15, -0.1) is 0 Å². The summed E-state index contributed by atoms with van der Waals surface area (Å²) in [6.07, 6.45) is 0. The predicted molar refractivity (Wildman–Crippen MR) is 58.3 cm³/mol. The molecule has 0 aliphatic heterocycles. The van der Waals surface area contributed by atoms with Crippen LogP contribution in [0, 0.1) is 0 Å². The molecular formula is C12H18ClNO. The van der Waals surface area contributed by atoms with Crippen LogP contribution >= 0.6 is 0 Å². The Bertz CT molecular complexity index is 316. The maximum absolute atomic E-state index is 12.0.